The van der Waals surface area contributed by atoms with Gasteiger partial charge in [0, 0.05) is 36.0 Å². The molecule has 1 saturated heterocycles. The predicted molar refractivity (Wildman–Crippen MR) is 72.7 cm³/mol. The number of aromatic nitrogens is 1. The zero-order valence-electron chi connectivity index (χ0n) is 9.69. The molecule has 1 aliphatic heterocycles. The second-order valence-corrected chi connectivity index (χ2v) is 6.12. The summed E-state index contributed by atoms with van der Waals surface area (Å²) in [6.45, 7) is 1.73. The van der Waals surface area contributed by atoms with Crippen LogP contribution in [0.1, 0.15) is 5.69 Å². The fraction of sp³-hybridized carbons (Fsp3) is 0.417. The summed E-state index contributed by atoms with van der Waals surface area (Å²) in [5.41, 5.74) is 2.17. The largest absolute Gasteiger partial charge is 0.389 e. The van der Waals surface area contributed by atoms with Crippen molar-refractivity contribution in [3.63, 3.8) is 0 Å². The predicted octanol–water partition coefficient (Wildman–Crippen LogP) is 1.41. The maximum Gasteiger partial charge on any atom is 0.124 e. The molecule has 0 amide bonds. The van der Waals surface area contributed by atoms with Gasteiger partial charge >= 0.3 is 0 Å². The Morgan fingerprint density at radius 3 is 2.72 bits per heavy atom. The van der Waals surface area contributed by atoms with E-state index in [1.54, 1.807) is 22.7 Å². The topological polar surface area (TPSA) is 56.6 Å². The van der Waals surface area contributed by atoms with E-state index in [4.69, 9.17) is 0 Å². The minimum Gasteiger partial charge on any atom is -0.389 e. The van der Waals surface area contributed by atoms with E-state index in [1.165, 1.54) is 0 Å². The van der Waals surface area contributed by atoms with Crippen molar-refractivity contribution in [3.8, 4) is 10.6 Å². The van der Waals surface area contributed by atoms with Crippen molar-refractivity contribution in [2.24, 2.45) is 0 Å². The highest BCUT2D eigenvalue weighted by molar-refractivity contribution is 7.14. The van der Waals surface area contributed by atoms with Gasteiger partial charge in [0.15, 0.2) is 0 Å². The van der Waals surface area contributed by atoms with Gasteiger partial charge in [-0.25, -0.2) is 4.98 Å². The van der Waals surface area contributed by atoms with E-state index in [1.807, 2.05) is 15.7 Å². The lowest BCUT2D eigenvalue weighted by Crippen LogP contribution is -2.22. The van der Waals surface area contributed by atoms with Crippen molar-refractivity contribution >= 4 is 22.7 Å². The first-order valence-electron chi connectivity index (χ1n) is 5.78. The lowest BCUT2D eigenvalue weighted by molar-refractivity contribution is 0.0572. The van der Waals surface area contributed by atoms with Crippen molar-refractivity contribution < 1.29 is 10.2 Å². The first kappa shape index (κ1) is 12.3. The molecule has 0 spiro atoms. The minimum absolute atomic E-state index is 0.520. The van der Waals surface area contributed by atoms with Gasteiger partial charge in [-0.1, -0.05) is 0 Å². The molecule has 2 atom stereocenters. The third-order valence-electron chi connectivity index (χ3n) is 3.04. The van der Waals surface area contributed by atoms with Crippen molar-refractivity contribution in [1.82, 2.24) is 9.88 Å². The van der Waals surface area contributed by atoms with Crippen LogP contribution in [0.2, 0.25) is 0 Å². The molecule has 4 nitrogen and oxygen atoms in total. The lowest BCUT2D eigenvalue weighted by Gasteiger charge is -2.12. The minimum atomic E-state index is -0.625. The van der Waals surface area contributed by atoms with Gasteiger partial charge in [0.05, 0.1) is 17.9 Å². The monoisotopic (exact) mass is 282 g/mol. The normalized spacial score (nSPS) is 24.8. The molecule has 6 heteroatoms. The number of rotatable bonds is 3. The molecule has 2 unspecified atom stereocenters. The number of aliphatic hydroxyl groups excluding tert-OH is 2. The molecule has 2 aromatic rings. The van der Waals surface area contributed by atoms with Crippen molar-refractivity contribution in [2.45, 2.75) is 18.8 Å². The molecule has 2 aromatic heterocycles. The molecule has 96 valence electrons. The fourth-order valence-electron chi connectivity index (χ4n) is 2.10. The highest BCUT2D eigenvalue weighted by Gasteiger charge is 2.29. The molecule has 1 fully saturated rings. The molecule has 1 aliphatic rings. The Bertz CT molecular complexity index is 502. The Balaban J connectivity index is 1.68. The molecule has 3 heterocycles. The standard InChI is InChI=1S/C12H14N2O2S2/c15-10-4-14(5-11(10)16)3-9-7-18-12(13-9)8-1-2-17-6-8/h1-2,6-7,10-11,15-16H,3-5H2. The average molecular weight is 282 g/mol. The van der Waals surface area contributed by atoms with Crippen LogP contribution in [0.15, 0.2) is 22.2 Å². The van der Waals surface area contributed by atoms with Crippen LogP contribution >= 0.6 is 22.7 Å². The molecule has 0 saturated carbocycles. The molecule has 0 aliphatic carbocycles. The zero-order chi connectivity index (χ0) is 12.5. The average Bonchev–Trinajstić information content (AvgIpc) is 3.02. The summed E-state index contributed by atoms with van der Waals surface area (Å²) in [6, 6.07) is 2.07. The van der Waals surface area contributed by atoms with E-state index in [0.717, 1.165) is 16.3 Å². The molecule has 0 radical (unpaired) electrons. The molecular weight excluding hydrogens is 268 g/mol. The Morgan fingerprint density at radius 2 is 2.06 bits per heavy atom. The van der Waals surface area contributed by atoms with Crippen LogP contribution in [0.5, 0.6) is 0 Å². The van der Waals surface area contributed by atoms with E-state index >= 15 is 0 Å². The Kier molecular flexibility index (Phi) is 3.45. The van der Waals surface area contributed by atoms with Crippen molar-refractivity contribution in [2.75, 3.05) is 13.1 Å². The van der Waals surface area contributed by atoms with Crippen molar-refractivity contribution in [1.29, 1.82) is 0 Å². The maximum atomic E-state index is 9.49. The maximum absolute atomic E-state index is 9.49. The number of likely N-dealkylation sites (tertiary alicyclic amines) is 1. The van der Waals surface area contributed by atoms with Gasteiger partial charge in [-0.05, 0) is 11.4 Å². The van der Waals surface area contributed by atoms with E-state index in [9.17, 15) is 10.2 Å². The van der Waals surface area contributed by atoms with Gasteiger partial charge in [0.2, 0.25) is 0 Å². The van der Waals surface area contributed by atoms with Gasteiger partial charge < -0.3 is 10.2 Å². The summed E-state index contributed by atoms with van der Waals surface area (Å²) < 4.78 is 0. The van der Waals surface area contributed by atoms with Crippen LogP contribution in [0.4, 0.5) is 0 Å². The Morgan fingerprint density at radius 1 is 1.28 bits per heavy atom. The Hall–Kier alpha value is -0.790. The number of thiophene rings is 1. The van der Waals surface area contributed by atoms with Crippen LogP contribution in [-0.2, 0) is 6.54 Å². The third kappa shape index (κ3) is 2.48. The molecule has 0 bridgehead atoms. The second-order valence-electron chi connectivity index (χ2n) is 4.48. The van der Waals surface area contributed by atoms with Crippen LogP contribution < -0.4 is 0 Å². The van der Waals surface area contributed by atoms with Gasteiger partial charge in [-0.2, -0.15) is 11.3 Å². The quantitative estimate of drug-likeness (QED) is 0.894. The van der Waals surface area contributed by atoms with Gasteiger partial charge in [0.25, 0.3) is 0 Å². The summed E-state index contributed by atoms with van der Waals surface area (Å²) in [4.78, 5) is 6.62. The summed E-state index contributed by atoms with van der Waals surface area (Å²) in [6.07, 6.45) is -1.25. The van der Waals surface area contributed by atoms with Gasteiger partial charge in [-0.3, -0.25) is 4.90 Å². The second kappa shape index (κ2) is 5.07. The summed E-state index contributed by atoms with van der Waals surface area (Å²) in [5.74, 6) is 0. The lowest BCUT2D eigenvalue weighted by atomic mass is 10.3. The summed E-state index contributed by atoms with van der Waals surface area (Å²) in [7, 11) is 0. The highest BCUT2D eigenvalue weighted by Crippen LogP contribution is 2.26. The smallest absolute Gasteiger partial charge is 0.124 e. The number of aliphatic hydroxyl groups is 2. The summed E-state index contributed by atoms with van der Waals surface area (Å²) >= 11 is 3.30. The van der Waals surface area contributed by atoms with Crippen LogP contribution in [0.25, 0.3) is 10.6 Å². The molecular formula is C12H14N2O2S2. The third-order valence-corrected chi connectivity index (χ3v) is 4.66. The zero-order valence-corrected chi connectivity index (χ0v) is 11.3. The number of hydrogen-bond acceptors (Lipinski definition) is 6. The van der Waals surface area contributed by atoms with Crippen LogP contribution in [0.3, 0.4) is 0 Å². The van der Waals surface area contributed by atoms with Crippen LogP contribution in [-0.4, -0.2) is 45.4 Å². The summed E-state index contributed by atoms with van der Waals surface area (Å²) in [5, 5.41) is 26.2. The number of β-amino-alcohol motifs (C(OH)–C–C–N with tert-alkyl or cyclic N) is 2. The Labute approximate surface area is 113 Å². The molecule has 2 N–H and O–H groups in total. The van der Waals surface area contributed by atoms with Gasteiger partial charge in [-0.15, -0.1) is 11.3 Å². The highest BCUT2D eigenvalue weighted by atomic mass is 32.1. The van der Waals surface area contributed by atoms with Crippen LogP contribution in [0, 0.1) is 0 Å². The van der Waals surface area contributed by atoms with E-state index in [2.05, 4.69) is 16.4 Å². The molecule has 18 heavy (non-hydrogen) atoms. The van der Waals surface area contributed by atoms with E-state index < -0.39 is 12.2 Å². The molecule has 3 rings (SSSR count). The van der Waals surface area contributed by atoms with Crippen molar-refractivity contribution in [3.05, 3.63) is 27.9 Å². The van der Waals surface area contributed by atoms with E-state index in [0.29, 0.717) is 19.6 Å². The SMILES string of the molecule is OC1CN(Cc2csc(-c3ccsc3)n2)CC1O. The fourth-order valence-corrected chi connectivity index (χ4v) is 3.63. The van der Waals surface area contributed by atoms with Gasteiger partial charge in [0.1, 0.15) is 5.01 Å². The first-order chi connectivity index (χ1) is 8.72. The number of thiazole rings is 1. The first-order valence-corrected chi connectivity index (χ1v) is 7.60. The number of nitrogens with zero attached hydrogens (tertiary/aromatic N) is 2. The number of hydrogen-bond donors (Lipinski definition) is 2. The molecule has 0 aromatic carbocycles. The van der Waals surface area contributed by atoms with E-state index in [-0.39, 0.29) is 0 Å².